The van der Waals surface area contributed by atoms with Gasteiger partial charge in [-0.05, 0) is 26.0 Å². The minimum absolute atomic E-state index is 0.395. The van der Waals surface area contributed by atoms with Crippen LogP contribution in [0.25, 0.3) is 11.0 Å². The molecule has 7 heteroatoms. The second kappa shape index (κ2) is 5.45. The van der Waals surface area contributed by atoms with Crippen molar-refractivity contribution in [1.82, 2.24) is 9.55 Å². The van der Waals surface area contributed by atoms with Gasteiger partial charge in [-0.15, -0.1) is 11.6 Å². The van der Waals surface area contributed by atoms with Gasteiger partial charge in [-0.2, -0.15) is 13.2 Å². The number of hydrogen-bond donors (Lipinski definition) is 0. The van der Waals surface area contributed by atoms with E-state index in [4.69, 9.17) is 23.2 Å². The van der Waals surface area contributed by atoms with Crippen molar-refractivity contribution in [3.63, 3.8) is 0 Å². The van der Waals surface area contributed by atoms with Gasteiger partial charge in [0.2, 0.25) is 0 Å². The minimum atomic E-state index is -4.25. The van der Waals surface area contributed by atoms with E-state index in [0.29, 0.717) is 21.9 Å². The quantitative estimate of drug-likeness (QED) is 0.681. The van der Waals surface area contributed by atoms with Gasteiger partial charge in [-0.3, -0.25) is 0 Å². The first-order chi connectivity index (χ1) is 9.20. The van der Waals surface area contributed by atoms with Gasteiger partial charge in [0.15, 0.2) is 0 Å². The lowest BCUT2D eigenvalue weighted by Crippen LogP contribution is -2.18. The normalized spacial score (nSPS) is 15.6. The predicted molar refractivity (Wildman–Crippen MR) is 74.4 cm³/mol. The van der Waals surface area contributed by atoms with Gasteiger partial charge in [0.25, 0.3) is 0 Å². The monoisotopic (exact) mass is 324 g/mol. The van der Waals surface area contributed by atoms with Crippen LogP contribution in [0, 0.1) is 0 Å². The first-order valence-electron chi connectivity index (χ1n) is 6.08. The molecule has 2 atom stereocenters. The minimum Gasteiger partial charge on any atom is -0.324 e. The van der Waals surface area contributed by atoms with E-state index in [1.54, 1.807) is 25.1 Å². The smallest absolute Gasteiger partial charge is 0.324 e. The summed E-state index contributed by atoms with van der Waals surface area (Å²) in [5, 5.41) is -0.104. The number of hydrogen-bond acceptors (Lipinski definition) is 1. The molecule has 0 aliphatic rings. The molecule has 2 aromatic rings. The van der Waals surface area contributed by atoms with Gasteiger partial charge in [0.05, 0.1) is 22.3 Å². The largest absolute Gasteiger partial charge is 0.391 e. The number of nitrogens with zero attached hydrogens (tertiary/aromatic N) is 2. The Balaban J connectivity index is 2.60. The summed E-state index contributed by atoms with van der Waals surface area (Å²) < 4.78 is 39.4. The van der Waals surface area contributed by atoms with E-state index in [2.05, 4.69) is 4.98 Å². The molecule has 1 heterocycles. The van der Waals surface area contributed by atoms with Gasteiger partial charge < -0.3 is 4.57 Å². The summed E-state index contributed by atoms with van der Waals surface area (Å²) in [7, 11) is 0. The molecule has 0 amide bonds. The van der Waals surface area contributed by atoms with Crippen molar-refractivity contribution in [1.29, 1.82) is 0 Å². The highest BCUT2D eigenvalue weighted by atomic mass is 35.5. The molecule has 0 aliphatic heterocycles. The number of imidazole rings is 1. The third-order valence-corrected chi connectivity index (χ3v) is 3.52. The summed E-state index contributed by atoms with van der Waals surface area (Å²) in [6.07, 6.45) is -5.19. The maximum atomic E-state index is 12.6. The second-order valence-electron chi connectivity index (χ2n) is 4.73. The average Bonchev–Trinajstić information content (AvgIpc) is 2.67. The fourth-order valence-electron chi connectivity index (χ4n) is 2.27. The number of aromatic nitrogens is 2. The Morgan fingerprint density at radius 3 is 2.50 bits per heavy atom. The van der Waals surface area contributed by atoms with E-state index in [1.165, 1.54) is 11.5 Å². The molecule has 2 nitrogen and oxygen atoms in total. The molecule has 0 N–H and O–H groups in total. The standard InChI is InChI=1S/C13H13Cl2F3N2/c1-7(6-13(16,17)18)20-10-5-3-4-9(15)11(10)19-12(20)8(2)14/h3-5,7-8H,6H2,1-2H3. The van der Waals surface area contributed by atoms with Crippen LogP contribution in [0.2, 0.25) is 5.02 Å². The molecule has 0 aliphatic carbocycles. The molecular formula is C13H13Cl2F3N2. The van der Waals surface area contributed by atoms with Gasteiger partial charge in [-0.25, -0.2) is 4.98 Å². The zero-order valence-electron chi connectivity index (χ0n) is 10.9. The zero-order valence-corrected chi connectivity index (χ0v) is 12.4. The topological polar surface area (TPSA) is 17.8 Å². The molecule has 1 aromatic carbocycles. The maximum absolute atomic E-state index is 12.6. The second-order valence-corrected chi connectivity index (χ2v) is 5.79. The molecule has 20 heavy (non-hydrogen) atoms. The summed E-state index contributed by atoms with van der Waals surface area (Å²) in [6, 6.07) is 4.24. The molecule has 1 aromatic heterocycles. The Bertz CT molecular complexity index is 620. The van der Waals surface area contributed by atoms with Gasteiger partial charge in [0, 0.05) is 6.04 Å². The number of para-hydroxylation sites is 1. The fourth-order valence-corrected chi connectivity index (χ4v) is 2.64. The third kappa shape index (κ3) is 3.04. The van der Waals surface area contributed by atoms with Crippen molar-refractivity contribution < 1.29 is 13.2 Å². The first-order valence-corrected chi connectivity index (χ1v) is 6.89. The van der Waals surface area contributed by atoms with Gasteiger partial charge >= 0.3 is 6.18 Å². The Kier molecular flexibility index (Phi) is 4.21. The van der Waals surface area contributed by atoms with Crippen LogP contribution in [0.1, 0.15) is 37.5 Å². The molecular weight excluding hydrogens is 312 g/mol. The Morgan fingerprint density at radius 1 is 1.30 bits per heavy atom. The molecule has 0 spiro atoms. The number of fused-ring (bicyclic) bond motifs is 1. The van der Waals surface area contributed by atoms with Crippen LogP contribution >= 0.6 is 23.2 Å². The molecule has 2 rings (SSSR count). The van der Waals surface area contributed by atoms with Crippen LogP contribution in [0.5, 0.6) is 0 Å². The van der Waals surface area contributed by atoms with Crippen molar-refractivity contribution in [2.75, 3.05) is 0 Å². The average molecular weight is 325 g/mol. The van der Waals surface area contributed by atoms with E-state index in [-0.39, 0.29) is 0 Å². The number of halogens is 5. The van der Waals surface area contributed by atoms with E-state index >= 15 is 0 Å². The van der Waals surface area contributed by atoms with Crippen molar-refractivity contribution in [2.45, 2.75) is 37.9 Å². The SMILES string of the molecule is CC(Cl)c1nc2c(Cl)cccc2n1C(C)CC(F)(F)F. The van der Waals surface area contributed by atoms with Crippen molar-refractivity contribution in [2.24, 2.45) is 0 Å². The van der Waals surface area contributed by atoms with E-state index in [0.717, 1.165) is 0 Å². The molecule has 0 bridgehead atoms. The lowest BCUT2D eigenvalue weighted by Gasteiger charge is -2.20. The van der Waals surface area contributed by atoms with E-state index < -0.39 is 24.0 Å². The fraction of sp³-hybridized carbons (Fsp3) is 0.462. The lowest BCUT2D eigenvalue weighted by atomic mass is 10.2. The predicted octanol–water partition coefficient (Wildman–Crippen LogP) is 5.50. The molecule has 0 saturated heterocycles. The van der Waals surface area contributed by atoms with Crippen molar-refractivity contribution in [3.05, 3.63) is 29.0 Å². The molecule has 0 saturated carbocycles. The Hall–Kier alpha value is -0.940. The first kappa shape index (κ1) is 15.4. The van der Waals surface area contributed by atoms with Crippen molar-refractivity contribution >= 4 is 34.2 Å². The van der Waals surface area contributed by atoms with E-state index in [1.807, 2.05) is 0 Å². The van der Waals surface area contributed by atoms with Crippen LogP contribution in [-0.4, -0.2) is 15.7 Å². The Labute approximate surface area is 124 Å². The molecule has 2 unspecified atom stereocenters. The molecule has 110 valence electrons. The van der Waals surface area contributed by atoms with Crippen molar-refractivity contribution in [3.8, 4) is 0 Å². The van der Waals surface area contributed by atoms with Crippen LogP contribution < -0.4 is 0 Å². The van der Waals surface area contributed by atoms with Crippen LogP contribution in [0.3, 0.4) is 0 Å². The van der Waals surface area contributed by atoms with Gasteiger partial charge in [-0.1, -0.05) is 17.7 Å². The number of alkyl halides is 4. The highest BCUT2D eigenvalue weighted by Gasteiger charge is 2.32. The number of benzene rings is 1. The number of rotatable bonds is 3. The van der Waals surface area contributed by atoms with Crippen LogP contribution in [0.4, 0.5) is 13.2 Å². The zero-order chi connectivity index (χ0) is 15.1. The Morgan fingerprint density at radius 2 is 1.95 bits per heavy atom. The lowest BCUT2D eigenvalue weighted by molar-refractivity contribution is -0.141. The summed E-state index contributed by atoms with van der Waals surface area (Å²) in [5.74, 6) is 0.395. The summed E-state index contributed by atoms with van der Waals surface area (Å²) in [4.78, 5) is 4.29. The maximum Gasteiger partial charge on any atom is 0.391 e. The summed E-state index contributed by atoms with van der Waals surface area (Å²) in [5.41, 5.74) is 1.04. The highest BCUT2D eigenvalue weighted by molar-refractivity contribution is 6.35. The van der Waals surface area contributed by atoms with Crippen LogP contribution in [-0.2, 0) is 0 Å². The van der Waals surface area contributed by atoms with E-state index in [9.17, 15) is 13.2 Å². The molecule has 0 radical (unpaired) electrons. The third-order valence-electron chi connectivity index (χ3n) is 3.02. The molecule has 0 fully saturated rings. The highest BCUT2D eigenvalue weighted by Crippen LogP contribution is 2.35. The summed E-state index contributed by atoms with van der Waals surface area (Å²) in [6.45, 7) is 3.17. The van der Waals surface area contributed by atoms with Crippen LogP contribution in [0.15, 0.2) is 18.2 Å². The van der Waals surface area contributed by atoms with Gasteiger partial charge in [0.1, 0.15) is 11.3 Å². The summed E-state index contributed by atoms with van der Waals surface area (Å²) >= 11 is 12.1.